The molecular formula is C25H25FO3. The van der Waals surface area contributed by atoms with Gasteiger partial charge in [-0.1, -0.05) is 42.0 Å². The predicted octanol–water partition coefficient (Wildman–Crippen LogP) is 5.67. The number of carboxylic acids is 1. The van der Waals surface area contributed by atoms with Crippen molar-refractivity contribution in [1.82, 2.24) is 0 Å². The van der Waals surface area contributed by atoms with Crippen LogP contribution in [0.2, 0.25) is 0 Å². The fraction of sp³-hybridized carbons (Fsp3) is 0.240. The van der Waals surface area contributed by atoms with Crippen molar-refractivity contribution in [2.24, 2.45) is 0 Å². The number of carbonyl (C=O) groups is 1. The Morgan fingerprint density at radius 2 is 1.76 bits per heavy atom. The SMILES string of the molecule is Cc1cc(CCc2c(C)ccc(OCC(=O)O)c2C)cc(-c2cccc(F)c2)c1. The lowest BCUT2D eigenvalue weighted by atomic mass is 9.93. The van der Waals surface area contributed by atoms with Crippen LogP contribution in [0.3, 0.4) is 0 Å². The molecule has 0 fully saturated rings. The normalized spacial score (nSPS) is 10.8. The molecule has 0 spiro atoms. The largest absolute Gasteiger partial charge is 0.482 e. The van der Waals surface area contributed by atoms with Crippen LogP contribution in [0.15, 0.2) is 54.6 Å². The standard InChI is InChI=1S/C25H25FO3/c1-16-11-19(13-21(12-16)20-5-4-6-22(26)14-20)8-9-23-17(2)7-10-24(18(23)3)29-15-25(27)28/h4-7,10-14H,8-9,15H2,1-3H3,(H,27,28). The van der Waals surface area contributed by atoms with Crippen LogP contribution in [0.5, 0.6) is 5.75 Å². The molecule has 3 aromatic carbocycles. The Morgan fingerprint density at radius 3 is 2.48 bits per heavy atom. The topological polar surface area (TPSA) is 46.5 Å². The van der Waals surface area contributed by atoms with Gasteiger partial charge in [0, 0.05) is 0 Å². The van der Waals surface area contributed by atoms with Gasteiger partial charge in [0.1, 0.15) is 11.6 Å². The molecular weight excluding hydrogens is 367 g/mol. The minimum absolute atomic E-state index is 0.241. The Kier molecular flexibility index (Phi) is 6.32. The summed E-state index contributed by atoms with van der Waals surface area (Å²) in [6.45, 7) is 5.72. The molecule has 0 aliphatic heterocycles. The lowest BCUT2D eigenvalue weighted by Gasteiger charge is -2.15. The summed E-state index contributed by atoms with van der Waals surface area (Å²) in [6.07, 6.45) is 1.64. The Balaban J connectivity index is 1.83. The molecule has 3 aromatic rings. The fourth-order valence-electron chi connectivity index (χ4n) is 3.66. The zero-order valence-electron chi connectivity index (χ0n) is 17.0. The van der Waals surface area contributed by atoms with Crippen LogP contribution in [0, 0.1) is 26.6 Å². The maximum atomic E-state index is 13.6. The van der Waals surface area contributed by atoms with Crippen LogP contribution >= 0.6 is 0 Å². The summed E-state index contributed by atoms with van der Waals surface area (Å²) in [6, 6.07) is 16.8. The second kappa shape index (κ2) is 8.91. The Labute approximate surface area is 170 Å². The third-order valence-electron chi connectivity index (χ3n) is 5.09. The number of hydrogen-bond donors (Lipinski definition) is 1. The molecule has 0 unspecified atom stereocenters. The van der Waals surface area contributed by atoms with Crippen LogP contribution in [0.1, 0.15) is 27.8 Å². The van der Waals surface area contributed by atoms with Crippen LogP contribution < -0.4 is 4.74 Å². The third-order valence-corrected chi connectivity index (χ3v) is 5.09. The van der Waals surface area contributed by atoms with E-state index >= 15 is 0 Å². The van der Waals surface area contributed by atoms with Gasteiger partial charge in [0.15, 0.2) is 6.61 Å². The molecule has 0 radical (unpaired) electrons. The van der Waals surface area contributed by atoms with Gasteiger partial charge in [0.2, 0.25) is 0 Å². The van der Waals surface area contributed by atoms with Crippen molar-refractivity contribution in [2.45, 2.75) is 33.6 Å². The van der Waals surface area contributed by atoms with E-state index in [1.165, 1.54) is 17.2 Å². The number of hydrogen-bond acceptors (Lipinski definition) is 2. The van der Waals surface area contributed by atoms with Gasteiger partial charge in [-0.05, 0) is 85.2 Å². The first-order chi connectivity index (χ1) is 13.8. The number of ether oxygens (including phenoxy) is 1. The lowest BCUT2D eigenvalue weighted by molar-refractivity contribution is -0.139. The maximum absolute atomic E-state index is 13.6. The van der Waals surface area contributed by atoms with Crippen molar-refractivity contribution in [3.05, 3.63) is 88.2 Å². The first kappa shape index (κ1) is 20.6. The van der Waals surface area contributed by atoms with Crippen molar-refractivity contribution in [2.75, 3.05) is 6.61 Å². The van der Waals surface area contributed by atoms with Crippen LogP contribution in [-0.2, 0) is 17.6 Å². The molecule has 29 heavy (non-hydrogen) atoms. The van der Waals surface area contributed by atoms with E-state index in [4.69, 9.17) is 9.84 Å². The highest BCUT2D eigenvalue weighted by Gasteiger charge is 2.11. The highest BCUT2D eigenvalue weighted by molar-refractivity contribution is 5.68. The van der Waals surface area contributed by atoms with E-state index in [9.17, 15) is 9.18 Å². The monoisotopic (exact) mass is 392 g/mol. The van der Waals surface area contributed by atoms with Gasteiger partial charge in [-0.2, -0.15) is 0 Å². The van der Waals surface area contributed by atoms with Crippen LogP contribution in [-0.4, -0.2) is 17.7 Å². The maximum Gasteiger partial charge on any atom is 0.341 e. The Morgan fingerprint density at radius 1 is 0.966 bits per heavy atom. The number of aryl methyl sites for hydroxylation is 3. The van der Waals surface area contributed by atoms with E-state index in [2.05, 4.69) is 25.1 Å². The summed E-state index contributed by atoms with van der Waals surface area (Å²) < 4.78 is 19.0. The summed E-state index contributed by atoms with van der Waals surface area (Å²) >= 11 is 0. The van der Waals surface area contributed by atoms with Gasteiger partial charge in [-0.25, -0.2) is 9.18 Å². The molecule has 4 heteroatoms. The van der Waals surface area contributed by atoms with Gasteiger partial charge < -0.3 is 9.84 Å². The summed E-state index contributed by atoms with van der Waals surface area (Å²) in [4.78, 5) is 10.8. The molecule has 0 atom stereocenters. The van der Waals surface area contributed by atoms with Gasteiger partial charge in [0.25, 0.3) is 0 Å². The van der Waals surface area contributed by atoms with Crippen LogP contribution in [0.4, 0.5) is 4.39 Å². The second-order valence-corrected chi connectivity index (χ2v) is 7.38. The summed E-state index contributed by atoms with van der Waals surface area (Å²) in [5, 5.41) is 8.86. The predicted molar refractivity (Wildman–Crippen MR) is 113 cm³/mol. The Bertz CT molecular complexity index is 1040. The summed E-state index contributed by atoms with van der Waals surface area (Å²) in [5.74, 6) is -0.621. The summed E-state index contributed by atoms with van der Waals surface area (Å²) in [7, 11) is 0. The fourth-order valence-corrected chi connectivity index (χ4v) is 3.66. The van der Waals surface area contributed by atoms with Gasteiger partial charge >= 0.3 is 5.97 Å². The van der Waals surface area contributed by atoms with Crippen molar-refractivity contribution < 1.29 is 19.0 Å². The number of rotatable bonds is 7. The van der Waals surface area contributed by atoms with E-state index in [0.717, 1.165) is 40.7 Å². The number of benzene rings is 3. The molecule has 1 N–H and O–H groups in total. The highest BCUT2D eigenvalue weighted by atomic mass is 19.1. The average Bonchev–Trinajstić information content (AvgIpc) is 2.66. The van der Waals surface area contributed by atoms with E-state index in [-0.39, 0.29) is 12.4 Å². The first-order valence-corrected chi connectivity index (χ1v) is 9.63. The minimum Gasteiger partial charge on any atom is -0.482 e. The second-order valence-electron chi connectivity index (χ2n) is 7.38. The number of halogens is 1. The van der Waals surface area contributed by atoms with Crippen molar-refractivity contribution in [3.8, 4) is 16.9 Å². The minimum atomic E-state index is -0.990. The molecule has 0 bridgehead atoms. The van der Waals surface area contributed by atoms with E-state index in [0.29, 0.717) is 5.75 Å². The molecule has 3 nitrogen and oxygen atoms in total. The molecule has 0 heterocycles. The zero-order valence-corrected chi connectivity index (χ0v) is 17.0. The zero-order chi connectivity index (χ0) is 21.0. The van der Waals surface area contributed by atoms with Crippen LogP contribution in [0.25, 0.3) is 11.1 Å². The van der Waals surface area contributed by atoms with E-state index in [1.807, 2.05) is 32.0 Å². The number of carboxylic acid groups (broad SMARTS) is 1. The first-order valence-electron chi connectivity index (χ1n) is 9.63. The van der Waals surface area contributed by atoms with Gasteiger partial charge in [-0.15, -0.1) is 0 Å². The summed E-state index contributed by atoms with van der Waals surface area (Å²) in [5.41, 5.74) is 7.49. The molecule has 0 aromatic heterocycles. The van der Waals surface area contributed by atoms with Crippen molar-refractivity contribution >= 4 is 5.97 Å². The quantitative estimate of drug-likeness (QED) is 0.564. The van der Waals surface area contributed by atoms with Gasteiger partial charge in [-0.3, -0.25) is 0 Å². The third kappa shape index (κ3) is 5.23. The molecule has 0 saturated heterocycles. The van der Waals surface area contributed by atoms with Crippen molar-refractivity contribution in [3.63, 3.8) is 0 Å². The molecule has 0 amide bonds. The number of aliphatic carboxylic acids is 1. The Hall–Kier alpha value is -3.14. The molecule has 3 rings (SSSR count). The van der Waals surface area contributed by atoms with E-state index < -0.39 is 5.97 Å². The molecule has 0 saturated carbocycles. The molecule has 150 valence electrons. The average molecular weight is 392 g/mol. The molecule has 0 aliphatic carbocycles. The smallest absolute Gasteiger partial charge is 0.341 e. The van der Waals surface area contributed by atoms with E-state index in [1.54, 1.807) is 12.1 Å². The lowest BCUT2D eigenvalue weighted by Crippen LogP contribution is -2.11. The van der Waals surface area contributed by atoms with Gasteiger partial charge in [0.05, 0.1) is 0 Å². The molecule has 0 aliphatic rings. The van der Waals surface area contributed by atoms with Crippen molar-refractivity contribution in [1.29, 1.82) is 0 Å². The highest BCUT2D eigenvalue weighted by Crippen LogP contribution is 2.28.